The fourth-order valence-corrected chi connectivity index (χ4v) is 4.45. The first-order valence-electron chi connectivity index (χ1n) is 10.4. The van der Waals surface area contributed by atoms with Crippen LogP contribution in [-0.2, 0) is 24.3 Å². The number of anilines is 1. The lowest BCUT2D eigenvalue weighted by Gasteiger charge is -2.10. The Hall–Kier alpha value is -3.91. The molecule has 1 aliphatic rings. The van der Waals surface area contributed by atoms with E-state index in [-0.39, 0.29) is 17.0 Å². The maximum Gasteiger partial charge on any atom is 0.272 e. The molecule has 3 heterocycles. The van der Waals surface area contributed by atoms with Gasteiger partial charge in [0.25, 0.3) is 17.0 Å². The van der Waals surface area contributed by atoms with Crippen LogP contribution in [0.4, 0.5) is 5.69 Å². The molecule has 1 aliphatic heterocycles. The van der Waals surface area contributed by atoms with E-state index in [0.717, 1.165) is 36.2 Å². The van der Waals surface area contributed by atoms with E-state index in [0.29, 0.717) is 34.3 Å². The molecule has 8 nitrogen and oxygen atoms in total. The Bertz CT molecular complexity index is 1440. The number of H-pyrrole nitrogens is 2. The molecule has 0 saturated heterocycles. The summed E-state index contributed by atoms with van der Waals surface area (Å²) < 4.78 is 7.15. The summed E-state index contributed by atoms with van der Waals surface area (Å²) in [6, 6.07) is 14.6. The van der Waals surface area contributed by atoms with Crippen LogP contribution in [0.3, 0.4) is 0 Å². The average molecular weight is 430 g/mol. The smallest absolute Gasteiger partial charge is 0.272 e. The molecule has 0 fully saturated rings. The van der Waals surface area contributed by atoms with Crippen LogP contribution in [0.25, 0.3) is 22.0 Å². The molecule has 32 heavy (non-hydrogen) atoms. The third kappa shape index (κ3) is 3.34. The fraction of sp³-hybridized carbons (Fsp3) is 0.208. The summed E-state index contributed by atoms with van der Waals surface area (Å²) in [5, 5.41) is 8.63. The molecule has 0 radical (unpaired) electrons. The number of aryl methyl sites for hydroxylation is 1. The average Bonchev–Trinajstić information content (AvgIpc) is 3.38. The van der Waals surface area contributed by atoms with Crippen LogP contribution in [0.2, 0.25) is 0 Å². The minimum Gasteiger partial charge on any atom is -0.380 e. The minimum atomic E-state index is -0.331. The third-order valence-electron chi connectivity index (χ3n) is 5.83. The molecule has 3 N–H and O–H groups in total. The first kappa shape index (κ1) is 20.0. The van der Waals surface area contributed by atoms with Crippen molar-refractivity contribution in [2.45, 2.75) is 26.0 Å². The van der Waals surface area contributed by atoms with Crippen LogP contribution in [-0.4, -0.2) is 27.8 Å². The predicted molar refractivity (Wildman–Crippen MR) is 122 cm³/mol. The van der Waals surface area contributed by atoms with Gasteiger partial charge >= 0.3 is 0 Å². The molecule has 2 aromatic heterocycles. The Morgan fingerprint density at radius 1 is 1.06 bits per heavy atom. The van der Waals surface area contributed by atoms with E-state index in [1.54, 1.807) is 25.3 Å². The predicted octanol–water partition coefficient (Wildman–Crippen LogP) is 3.03. The summed E-state index contributed by atoms with van der Waals surface area (Å²) in [6.45, 7) is 1.23. The third-order valence-corrected chi connectivity index (χ3v) is 5.83. The lowest BCUT2D eigenvalue weighted by molar-refractivity contribution is 0.102. The normalized spacial score (nSPS) is 12.8. The number of fused-ring (bicyclic) bond motifs is 3. The Balaban J connectivity index is 1.52. The molecular weight excluding hydrogens is 408 g/mol. The van der Waals surface area contributed by atoms with Crippen LogP contribution in [0.1, 0.15) is 28.0 Å². The summed E-state index contributed by atoms with van der Waals surface area (Å²) in [6.07, 6.45) is 1.67. The summed E-state index contributed by atoms with van der Waals surface area (Å²) >= 11 is 0. The number of nitrogens with zero attached hydrogens (tertiary/aromatic N) is 1. The number of ether oxygens (including phenoxy) is 1. The number of aromatic nitrogens is 3. The van der Waals surface area contributed by atoms with Gasteiger partial charge < -0.3 is 14.6 Å². The van der Waals surface area contributed by atoms with Gasteiger partial charge in [-0.1, -0.05) is 24.3 Å². The largest absolute Gasteiger partial charge is 0.380 e. The van der Waals surface area contributed by atoms with Crippen molar-refractivity contribution in [3.63, 3.8) is 0 Å². The first-order chi connectivity index (χ1) is 15.6. The molecule has 0 atom stereocenters. The minimum absolute atomic E-state index is 0.231. The highest BCUT2D eigenvalue weighted by Crippen LogP contribution is 2.35. The number of amides is 1. The van der Waals surface area contributed by atoms with E-state index in [4.69, 9.17) is 4.74 Å². The van der Waals surface area contributed by atoms with Crippen molar-refractivity contribution < 1.29 is 9.53 Å². The number of carbonyl (C=O) groups is 1. The van der Waals surface area contributed by atoms with Crippen molar-refractivity contribution in [3.8, 4) is 11.3 Å². The topological polar surface area (TPSA) is 109 Å². The second kappa shape index (κ2) is 7.97. The highest BCUT2D eigenvalue weighted by Gasteiger charge is 2.26. The number of nitrogens with one attached hydrogen (secondary N) is 3. The molecule has 0 spiro atoms. The standard InChI is InChI=1S/C24H22N4O4/c1-32-13-14-7-9-15(10-8-14)22(29)25-17-5-2-4-16(12-17)21-20-19(18-6-3-11-28(18)21)23(30)26-27-24(20)31/h2,4-5,7-10,12H,3,6,11,13H2,1H3,(H,25,29)(H,26,30)(H,27,31). The molecule has 1 amide bonds. The molecule has 2 aromatic carbocycles. The number of hydrogen-bond donors (Lipinski definition) is 3. The Morgan fingerprint density at radius 3 is 2.56 bits per heavy atom. The number of benzene rings is 2. The highest BCUT2D eigenvalue weighted by molar-refractivity contribution is 6.05. The number of aromatic amines is 2. The lowest BCUT2D eigenvalue weighted by atomic mass is 10.1. The molecule has 0 saturated carbocycles. The molecule has 5 rings (SSSR count). The van der Waals surface area contributed by atoms with Crippen LogP contribution in [0.5, 0.6) is 0 Å². The number of hydrogen-bond acceptors (Lipinski definition) is 4. The van der Waals surface area contributed by atoms with E-state index in [9.17, 15) is 14.4 Å². The van der Waals surface area contributed by atoms with E-state index < -0.39 is 0 Å². The van der Waals surface area contributed by atoms with E-state index in [1.807, 2.05) is 34.9 Å². The number of rotatable bonds is 5. The molecule has 0 aliphatic carbocycles. The molecular formula is C24H22N4O4. The molecule has 4 aromatic rings. The summed E-state index contributed by atoms with van der Waals surface area (Å²) in [4.78, 5) is 37.8. The van der Waals surface area contributed by atoms with Gasteiger partial charge in [0.05, 0.1) is 23.1 Å². The van der Waals surface area contributed by atoms with E-state index in [2.05, 4.69) is 15.5 Å². The quantitative estimate of drug-likeness (QED) is 0.452. The zero-order valence-corrected chi connectivity index (χ0v) is 17.5. The lowest BCUT2D eigenvalue weighted by Crippen LogP contribution is -2.18. The van der Waals surface area contributed by atoms with Crippen molar-refractivity contribution in [1.29, 1.82) is 0 Å². The Morgan fingerprint density at radius 2 is 1.81 bits per heavy atom. The van der Waals surface area contributed by atoms with Crippen LogP contribution >= 0.6 is 0 Å². The highest BCUT2D eigenvalue weighted by atomic mass is 16.5. The van der Waals surface area contributed by atoms with Crippen molar-refractivity contribution in [2.24, 2.45) is 0 Å². The van der Waals surface area contributed by atoms with Gasteiger partial charge in [-0.15, -0.1) is 0 Å². The van der Waals surface area contributed by atoms with Gasteiger partial charge in [0.2, 0.25) is 0 Å². The van der Waals surface area contributed by atoms with Crippen molar-refractivity contribution in [1.82, 2.24) is 14.8 Å². The van der Waals surface area contributed by atoms with Gasteiger partial charge in [0.1, 0.15) is 0 Å². The second-order valence-electron chi connectivity index (χ2n) is 7.87. The van der Waals surface area contributed by atoms with Crippen LogP contribution in [0.15, 0.2) is 58.1 Å². The van der Waals surface area contributed by atoms with E-state index >= 15 is 0 Å². The van der Waals surface area contributed by atoms with Gasteiger partial charge in [-0.05, 0) is 42.7 Å². The summed E-state index contributed by atoms with van der Waals surface area (Å²) in [7, 11) is 1.63. The van der Waals surface area contributed by atoms with Gasteiger partial charge in [-0.25, -0.2) is 0 Å². The number of methoxy groups -OCH3 is 1. The zero-order valence-electron chi connectivity index (χ0n) is 17.5. The molecule has 162 valence electrons. The zero-order chi connectivity index (χ0) is 22.2. The molecule has 0 bridgehead atoms. The Labute approximate surface area is 182 Å². The van der Waals surface area contributed by atoms with Crippen LogP contribution in [0, 0.1) is 0 Å². The number of carbonyl (C=O) groups excluding carboxylic acids is 1. The summed E-state index contributed by atoms with van der Waals surface area (Å²) in [5.74, 6) is -0.231. The summed E-state index contributed by atoms with van der Waals surface area (Å²) in [5.41, 5.74) is 3.86. The molecule has 0 unspecified atom stereocenters. The Kier molecular flexibility index (Phi) is 4.99. The van der Waals surface area contributed by atoms with Crippen LogP contribution < -0.4 is 16.4 Å². The van der Waals surface area contributed by atoms with Crippen molar-refractivity contribution >= 4 is 22.4 Å². The van der Waals surface area contributed by atoms with Crippen molar-refractivity contribution in [3.05, 3.63) is 86.1 Å². The first-order valence-corrected chi connectivity index (χ1v) is 10.4. The fourth-order valence-electron chi connectivity index (χ4n) is 4.45. The second-order valence-corrected chi connectivity index (χ2v) is 7.87. The van der Waals surface area contributed by atoms with E-state index in [1.165, 1.54) is 0 Å². The SMILES string of the molecule is COCc1ccc(C(=O)Nc2cccc(-c3c4c(=O)[nH][nH]c(=O)c4c4n3CCC4)c2)cc1. The van der Waals surface area contributed by atoms with Gasteiger partial charge in [0.15, 0.2) is 0 Å². The van der Waals surface area contributed by atoms with Gasteiger partial charge in [-0.2, -0.15) is 0 Å². The maximum atomic E-state index is 12.7. The van der Waals surface area contributed by atoms with Gasteiger partial charge in [-0.3, -0.25) is 24.6 Å². The molecule has 8 heteroatoms. The van der Waals surface area contributed by atoms with Crippen molar-refractivity contribution in [2.75, 3.05) is 12.4 Å². The monoisotopic (exact) mass is 430 g/mol. The maximum absolute atomic E-state index is 12.7. The van der Waals surface area contributed by atoms with Gasteiger partial charge in [0, 0.05) is 36.2 Å².